The van der Waals surface area contributed by atoms with Crippen LogP contribution in [-0.4, -0.2) is 24.1 Å². The number of nitrogens with zero attached hydrogens (tertiary/aromatic N) is 1. The number of hydrogen-bond donors (Lipinski definition) is 1. The molecule has 1 rings (SSSR count). The highest BCUT2D eigenvalue weighted by Crippen LogP contribution is 2.01. The fourth-order valence-corrected chi connectivity index (χ4v) is 1.66. The second kappa shape index (κ2) is 9.59. The minimum absolute atomic E-state index is 0.0813. The van der Waals surface area contributed by atoms with Crippen LogP contribution in [0.4, 0.5) is 0 Å². The summed E-state index contributed by atoms with van der Waals surface area (Å²) >= 11 is 0. The van der Waals surface area contributed by atoms with Gasteiger partial charge in [0.2, 0.25) is 0 Å². The van der Waals surface area contributed by atoms with Crippen molar-refractivity contribution in [2.45, 2.75) is 39.2 Å². The normalized spacial score (nSPS) is 10.3. The molecule has 0 aliphatic carbocycles. The molecule has 0 saturated heterocycles. The van der Waals surface area contributed by atoms with Crippen molar-refractivity contribution in [3.63, 3.8) is 0 Å². The van der Waals surface area contributed by atoms with E-state index < -0.39 is 0 Å². The number of nitrogens with one attached hydrogen (secondary N) is 1. The van der Waals surface area contributed by atoms with Crippen molar-refractivity contribution in [2.24, 2.45) is 0 Å². The number of aromatic nitrogens is 1. The van der Waals surface area contributed by atoms with Crippen molar-refractivity contribution in [2.75, 3.05) is 13.2 Å². The monoisotopic (exact) mass is 250 g/mol. The van der Waals surface area contributed by atoms with Crippen molar-refractivity contribution in [1.82, 2.24) is 10.3 Å². The van der Waals surface area contributed by atoms with Crippen LogP contribution in [-0.2, 0) is 16.1 Å². The van der Waals surface area contributed by atoms with Gasteiger partial charge in [-0.15, -0.1) is 0 Å². The largest absolute Gasteiger partial charge is 0.466 e. The minimum atomic E-state index is -0.0813. The third-order valence-electron chi connectivity index (χ3n) is 2.62. The summed E-state index contributed by atoms with van der Waals surface area (Å²) in [6.45, 7) is 4.17. The summed E-state index contributed by atoms with van der Waals surface area (Å²) in [7, 11) is 0. The summed E-state index contributed by atoms with van der Waals surface area (Å²) in [6, 6.07) is 4.02. The fourth-order valence-electron chi connectivity index (χ4n) is 1.66. The number of pyridine rings is 1. The van der Waals surface area contributed by atoms with E-state index in [0.717, 1.165) is 32.4 Å². The van der Waals surface area contributed by atoms with Crippen LogP contribution >= 0.6 is 0 Å². The molecule has 100 valence electrons. The van der Waals surface area contributed by atoms with E-state index in [2.05, 4.69) is 10.3 Å². The van der Waals surface area contributed by atoms with Crippen molar-refractivity contribution in [3.8, 4) is 0 Å². The highest BCUT2D eigenvalue weighted by Gasteiger charge is 2.00. The van der Waals surface area contributed by atoms with E-state index in [1.807, 2.05) is 19.1 Å². The van der Waals surface area contributed by atoms with Crippen LogP contribution in [0.2, 0.25) is 0 Å². The van der Waals surface area contributed by atoms with E-state index in [1.165, 1.54) is 5.56 Å². The molecular weight excluding hydrogens is 228 g/mol. The lowest BCUT2D eigenvalue weighted by Crippen LogP contribution is -2.14. The highest BCUT2D eigenvalue weighted by atomic mass is 16.5. The zero-order chi connectivity index (χ0) is 13.1. The maximum Gasteiger partial charge on any atom is 0.305 e. The van der Waals surface area contributed by atoms with Gasteiger partial charge in [0.1, 0.15) is 0 Å². The van der Waals surface area contributed by atoms with Gasteiger partial charge in [-0.2, -0.15) is 0 Å². The molecule has 0 unspecified atom stereocenters. The van der Waals surface area contributed by atoms with E-state index in [4.69, 9.17) is 4.74 Å². The number of esters is 1. The molecule has 0 aliphatic rings. The lowest BCUT2D eigenvalue weighted by Gasteiger charge is -2.04. The second-order valence-electron chi connectivity index (χ2n) is 4.15. The van der Waals surface area contributed by atoms with Gasteiger partial charge in [-0.05, 0) is 44.0 Å². The Balaban J connectivity index is 1.92. The smallest absolute Gasteiger partial charge is 0.305 e. The standard InChI is InChI=1S/C14H22N2O2/c1-2-18-14(17)6-4-3-5-9-16-12-13-7-10-15-11-8-13/h7-8,10-11,16H,2-6,9,12H2,1H3. The third kappa shape index (κ3) is 7.01. The van der Waals surface area contributed by atoms with Crippen LogP contribution in [0.15, 0.2) is 24.5 Å². The molecule has 18 heavy (non-hydrogen) atoms. The van der Waals surface area contributed by atoms with Crippen LogP contribution in [0.3, 0.4) is 0 Å². The molecule has 0 radical (unpaired) electrons. The topological polar surface area (TPSA) is 51.2 Å². The van der Waals surface area contributed by atoms with Crippen molar-refractivity contribution >= 4 is 5.97 Å². The van der Waals surface area contributed by atoms with Crippen LogP contribution in [0.25, 0.3) is 0 Å². The molecular formula is C14H22N2O2. The van der Waals surface area contributed by atoms with E-state index in [1.54, 1.807) is 12.4 Å². The summed E-state index contributed by atoms with van der Waals surface area (Å²) in [6.07, 6.45) is 7.20. The summed E-state index contributed by atoms with van der Waals surface area (Å²) in [5.74, 6) is -0.0813. The van der Waals surface area contributed by atoms with Crippen molar-refractivity contribution in [3.05, 3.63) is 30.1 Å². The van der Waals surface area contributed by atoms with Gasteiger partial charge in [0.05, 0.1) is 6.61 Å². The third-order valence-corrected chi connectivity index (χ3v) is 2.62. The molecule has 4 heteroatoms. The number of hydrogen-bond acceptors (Lipinski definition) is 4. The molecule has 0 fully saturated rings. The SMILES string of the molecule is CCOC(=O)CCCCCNCc1ccncc1. The van der Waals surface area contributed by atoms with Crippen LogP contribution in [0.5, 0.6) is 0 Å². The summed E-state index contributed by atoms with van der Waals surface area (Å²) in [5.41, 5.74) is 1.25. The zero-order valence-corrected chi connectivity index (χ0v) is 11.0. The number of carbonyl (C=O) groups is 1. The van der Waals surface area contributed by atoms with E-state index in [9.17, 15) is 4.79 Å². The van der Waals surface area contributed by atoms with Crippen molar-refractivity contribution < 1.29 is 9.53 Å². The zero-order valence-electron chi connectivity index (χ0n) is 11.0. The number of carbonyl (C=O) groups excluding carboxylic acids is 1. The first-order chi connectivity index (χ1) is 8.83. The van der Waals surface area contributed by atoms with Crippen molar-refractivity contribution in [1.29, 1.82) is 0 Å². The molecule has 0 aromatic carbocycles. The maximum absolute atomic E-state index is 11.1. The molecule has 0 atom stereocenters. The van der Waals surface area contributed by atoms with Gasteiger partial charge in [0, 0.05) is 25.4 Å². The van der Waals surface area contributed by atoms with Gasteiger partial charge in [-0.3, -0.25) is 9.78 Å². The Bertz CT molecular complexity index is 328. The molecule has 0 aliphatic heterocycles. The Hall–Kier alpha value is -1.42. The number of ether oxygens (including phenoxy) is 1. The second-order valence-corrected chi connectivity index (χ2v) is 4.15. The average molecular weight is 250 g/mol. The van der Waals surface area contributed by atoms with Gasteiger partial charge in [0.15, 0.2) is 0 Å². The van der Waals surface area contributed by atoms with E-state index >= 15 is 0 Å². The van der Waals surface area contributed by atoms with Gasteiger partial charge in [-0.1, -0.05) is 6.42 Å². The molecule has 1 heterocycles. The van der Waals surface area contributed by atoms with E-state index in [-0.39, 0.29) is 5.97 Å². The molecule has 1 N–H and O–H groups in total. The van der Waals surface area contributed by atoms with Gasteiger partial charge in [0.25, 0.3) is 0 Å². The van der Waals surface area contributed by atoms with Gasteiger partial charge < -0.3 is 10.1 Å². The van der Waals surface area contributed by atoms with Gasteiger partial charge >= 0.3 is 5.97 Å². The first-order valence-electron chi connectivity index (χ1n) is 6.58. The van der Waals surface area contributed by atoms with Gasteiger partial charge in [-0.25, -0.2) is 0 Å². The molecule has 0 saturated carbocycles. The Morgan fingerprint density at radius 3 is 2.78 bits per heavy atom. The minimum Gasteiger partial charge on any atom is -0.466 e. The molecule has 1 aromatic rings. The summed E-state index contributed by atoms with van der Waals surface area (Å²) in [4.78, 5) is 15.0. The predicted molar refractivity (Wildman–Crippen MR) is 71.0 cm³/mol. The Morgan fingerprint density at radius 1 is 1.28 bits per heavy atom. The first kappa shape index (κ1) is 14.6. The maximum atomic E-state index is 11.1. The molecule has 0 bridgehead atoms. The van der Waals surface area contributed by atoms with Crippen LogP contribution < -0.4 is 5.32 Å². The average Bonchev–Trinajstić information content (AvgIpc) is 2.39. The predicted octanol–water partition coefficient (Wildman–Crippen LogP) is 2.29. The fraction of sp³-hybridized carbons (Fsp3) is 0.571. The van der Waals surface area contributed by atoms with E-state index in [0.29, 0.717) is 13.0 Å². The molecule has 4 nitrogen and oxygen atoms in total. The van der Waals surface area contributed by atoms with Crippen LogP contribution in [0.1, 0.15) is 38.2 Å². The molecule has 1 aromatic heterocycles. The number of unbranched alkanes of at least 4 members (excludes halogenated alkanes) is 2. The Labute approximate surface area is 109 Å². The highest BCUT2D eigenvalue weighted by molar-refractivity contribution is 5.69. The lowest BCUT2D eigenvalue weighted by molar-refractivity contribution is -0.143. The Kier molecular flexibility index (Phi) is 7.80. The van der Waals surface area contributed by atoms with Crippen LogP contribution in [0, 0.1) is 0 Å². The first-order valence-corrected chi connectivity index (χ1v) is 6.58. The lowest BCUT2D eigenvalue weighted by atomic mass is 10.2. The molecule has 0 amide bonds. The summed E-state index contributed by atoms with van der Waals surface area (Å²) < 4.78 is 4.87. The number of rotatable bonds is 9. The quantitative estimate of drug-likeness (QED) is 0.539. The summed E-state index contributed by atoms with van der Waals surface area (Å²) in [5, 5.41) is 3.37. The molecule has 0 spiro atoms. The Morgan fingerprint density at radius 2 is 2.06 bits per heavy atom.